The third-order valence-electron chi connectivity index (χ3n) is 4.42. The first-order valence-electron chi connectivity index (χ1n) is 10.9. The Balaban J connectivity index is 3.80. The maximum atomic E-state index is 11.0. The van der Waals surface area contributed by atoms with Crippen LogP contribution in [0.4, 0.5) is 0 Å². The van der Waals surface area contributed by atoms with Crippen molar-refractivity contribution in [2.75, 3.05) is 13.7 Å². The summed E-state index contributed by atoms with van der Waals surface area (Å²) in [7, 11) is 1.45. The standard InChI is InChI=1S/C23H42O4/c1-4-6-15-18-22(27-26-21-7-5-2)19-16-13-11-9-8-10-12-14-17-20-23(24)25-3/h11,13,16,19,22H,4-10,12,14-15,17-18,20-21H2,1-3H3/b13-11+,19-16+. The summed E-state index contributed by atoms with van der Waals surface area (Å²) in [4.78, 5) is 21.9. The van der Waals surface area contributed by atoms with Gasteiger partial charge in [-0.05, 0) is 32.1 Å². The maximum Gasteiger partial charge on any atom is 0.305 e. The van der Waals surface area contributed by atoms with Gasteiger partial charge in [0.2, 0.25) is 0 Å². The molecule has 0 N–H and O–H groups in total. The summed E-state index contributed by atoms with van der Waals surface area (Å²) in [5.74, 6) is -0.0996. The third kappa shape index (κ3) is 19.4. The van der Waals surface area contributed by atoms with E-state index >= 15 is 0 Å². The lowest BCUT2D eigenvalue weighted by Gasteiger charge is -2.12. The fourth-order valence-corrected chi connectivity index (χ4v) is 2.64. The van der Waals surface area contributed by atoms with Crippen LogP contribution in [0.25, 0.3) is 0 Å². The molecular weight excluding hydrogens is 340 g/mol. The van der Waals surface area contributed by atoms with Gasteiger partial charge in [-0.25, -0.2) is 9.78 Å². The van der Waals surface area contributed by atoms with Crippen LogP contribution < -0.4 is 0 Å². The molecule has 0 aliphatic heterocycles. The van der Waals surface area contributed by atoms with Gasteiger partial charge in [-0.3, -0.25) is 4.79 Å². The molecule has 27 heavy (non-hydrogen) atoms. The van der Waals surface area contributed by atoms with E-state index in [1.807, 2.05) is 0 Å². The Morgan fingerprint density at radius 2 is 1.63 bits per heavy atom. The molecular formula is C23H42O4. The molecule has 4 nitrogen and oxygen atoms in total. The summed E-state index contributed by atoms with van der Waals surface area (Å²) in [6.07, 6.45) is 22.6. The largest absolute Gasteiger partial charge is 0.469 e. The Kier molecular flexibility index (Phi) is 20.3. The second-order valence-electron chi connectivity index (χ2n) is 7.00. The summed E-state index contributed by atoms with van der Waals surface area (Å²) in [5.41, 5.74) is 0. The van der Waals surface area contributed by atoms with Crippen molar-refractivity contribution in [2.24, 2.45) is 0 Å². The van der Waals surface area contributed by atoms with Gasteiger partial charge in [0, 0.05) is 6.42 Å². The summed E-state index contributed by atoms with van der Waals surface area (Å²) in [5, 5.41) is 0. The van der Waals surface area contributed by atoms with Crippen LogP contribution in [0, 0.1) is 0 Å². The van der Waals surface area contributed by atoms with E-state index in [4.69, 9.17) is 9.78 Å². The zero-order valence-corrected chi connectivity index (χ0v) is 17.9. The molecule has 0 rings (SSSR count). The van der Waals surface area contributed by atoms with Crippen LogP contribution in [0.3, 0.4) is 0 Å². The molecule has 0 saturated carbocycles. The molecule has 0 aliphatic rings. The topological polar surface area (TPSA) is 44.8 Å². The number of esters is 1. The minimum Gasteiger partial charge on any atom is -0.469 e. The molecule has 158 valence electrons. The molecule has 0 bridgehead atoms. The first-order valence-corrected chi connectivity index (χ1v) is 10.9. The van der Waals surface area contributed by atoms with Crippen LogP contribution in [0.5, 0.6) is 0 Å². The molecule has 0 aromatic rings. The van der Waals surface area contributed by atoms with Crippen LogP contribution in [-0.2, 0) is 19.3 Å². The number of hydrogen-bond acceptors (Lipinski definition) is 4. The average Bonchev–Trinajstić information content (AvgIpc) is 2.68. The fraction of sp³-hybridized carbons (Fsp3) is 0.783. The molecule has 0 saturated heterocycles. The van der Waals surface area contributed by atoms with Gasteiger partial charge >= 0.3 is 5.97 Å². The predicted molar refractivity (Wildman–Crippen MR) is 112 cm³/mol. The van der Waals surface area contributed by atoms with Crippen molar-refractivity contribution in [3.8, 4) is 0 Å². The quantitative estimate of drug-likeness (QED) is 0.0819. The molecule has 0 radical (unpaired) electrons. The predicted octanol–water partition coefficient (Wildman–Crippen LogP) is 6.70. The molecule has 0 aromatic carbocycles. The lowest BCUT2D eigenvalue weighted by Crippen LogP contribution is -2.11. The van der Waals surface area contributed by atoms with E-state index in [1.54, 1.807) is 0 Å². The van der Waals surface area contributed by atoms with Crippen LogP contribution in [0.1, 0.15) is 97.3 Å². The number of carbonyl (C=O) groups is 1. The monoisotopic (exact) mass is 382 g/mol. The smallest absolute Gasteiger partial charge is 0.305 e. The number of hydrogen-bond donors (Lipinski definition) is 0. The first-order chi connectivity index (χ1) is 13.2. The van der Waals surface area contributed by atoms with E-state index in [9.17, 15) is 4.79 Å². The van der Waals surface area contributed by atoms with Gasteiger partial charge in [0.15, 0.2) is 0 Å². The van der Waals surface area contributed by atoms with E-state index in [1.165, 1.54) is 45.6 Å². The summed E-state index contributed by atoms with van der Waals surface area (Å²) < 4.78 is 4.64. The summed E-state index contributed by atoms with van der Waals surface area (Å²) in [6.45, 7) is 5.03. The van der Waals surface area contributed by atoms with Crippen LogP contribution in [0.15, 0.2) is 24.3 Å². The number of ether oxygens (including phenoxy) is 1. The molecule has 0 aliphatic carbocycles. The minimum atomic E-state index is -0.0996. The van der Waals surface area contributed by atoms with E-state index in [0.717, 1.165) is 38.5 Å². The second kappa shape index (κ2) is 21.2. The zero-order chi connectivity index (χ0) is 20.0. The highest BCUT2D eigenvalue weighted by Crippen LogP contribution is 2.10. The second-order valence-corrected chi connectivity index (χ2v) is 7.00. The van der Waals surface area contributed by atoms with E-state index in [0.29, 0.717) is 13.0 Å². The van der Waals surface area contributed by atoms with Crippen molar-refractivity contribution >= 4 is 5.97 Å². The van der Waals surface area contributed by atoms with Crippen molar-refractivity contribution in [1.29, 1.82) is 0 Å². The SMILES string of the molecule is CCCCCC(/C=C/C=C/CCCCCCCC(=O)OC)OOCCCC. The molecule has 0 amide bonds. The molecule has 0 fully saturated rings. The summed E-state index contributed by atoms with van der Waals surface area (Å²) in [6, 6.07) is 0. The van der Waals surface area contributed by atoms with Gasteiger partial charge in [-0.15, -0.1) is 0 Å². The Labute approximate surface area is 167 Å². The van der Waals surface area contributed by atoms with Crippen molar-refractivity contribution in [3.63, 3.8) is 0 Å². The Morgan fingerprint density at radius 1 is 0.889 bits per heavy atom. The lowest BCUT2D eigenvalue weighted by atomic mass is 10.1. The van der Waals surface area contributed by atoms with E-state index in [-0.39, 0.29) is 12.1 Å². The lowest BCUT2D eigenvalue weighted by molar-refractivity contribution is -0.315. The molecule has 1 unspecified atom stereocenters. The van der Waals surface area contributed by atoms with Crippen LogP contribution in [0.2, 0.25) is 0 Å². The minimum absolute atomic E-state index is 0.0490. The van der Waals surface area contributed by atoms with Gasteiger partial charge in [0.25, 0.3) is 0 Å². The van der Waals surface area contributed by atoms with Gasteiger partial charge in [0.1, 0.15) is 6.10 Å². The molecule has 0 heterocycles. The Bertz CT molecular complexity index is 377. The van der Waals surface area contributed by atoms with Gasteiger partial charge in [-0.1, -0.05) is 83.1 Å². The van der Waals surface area contributed by atoms with Gasteiger partial charge < -0.3 is 4.74 Å². The highest BCUT2D eigenvalue weighted by atomic mass is 17.2. The fourth-order valence-electron chi connectivity index (χ4n) is 2.64. The molecule has 1 atom stereocenters. The Hall–Kier alpha value is -1.13. The zero-order valence-electron chi connectivity index (χ0n) is 17.9. The molecule has 0 spiro atoms. The number of unbranched alkanes of at least 4 members (excludes halogenated alkanes) is 8. The van der Waals surface area contributed by atoms with Crippen LogP contribution >= 0.6 is 0 Å². The van der Waals surface area contributed by atoms with Crippen molar-refractivity contribution in [1.82, 2.24) is 0 Å². The first kappa shape index (κ1) is 25.9. The van der Waals surface area contributed by atoms with Crippen molar-refractivity contribution in [2.45, 2.75) is 103 Å². The van der Waals surface area contributed by atoms with E-state index < -0.39 is 0 Å². The van der Waals surface area contributed by atoms with Crippen molar-refractivity contribution < 1.29 is 19.3 Å². The Morgan fingerprint density at radius 3 is 2.37 bits per heavy atom. The number of rotatable bonds is 19. The highest BCUT2D eigenvalue weighted by Gasteiger charge is 2.05. The number of methoxy groups -OCH3 is 1. The normalized spacial score (nSPS) is 12.9. The molecule has 4 heteroatoms. The number of allylic oxidation sites excluding steroid dienone is 3. The average molecular weight is 383 g/mol. The van der Waals surface area contributed by atoms with E-state index in [2.05, 4.69) is 42.9 Å². The molecule has 0 aromatic heterocycles. The van der Waals surface area contributed by atoms with Crippen LogP contribution in [-0.4, -0.2) is 25.8 Å². The van der Waals surface area contributed by atoms with Gasteiger partial charge in [-0.2, -0.15) is 0 Å². The maximum absolute atomic E-state index is 11.0. The third-order valence-corrected chi connectivity index (χ3v) is 4.42. The summed E-state index contributed by atoms with van der Waals surface area (Å²) >= 11 is 0. The number of carbonyl (C=O) groups excluding carboxylic acids is 1. The highest BCUT2D eigenvalue weighted by molar-refractivity contribution is 5.68. The van der Waals surface area contributed by atoms with Crippen molar-refractivity contribution in [3.05, 3.63) is 24.3 Å². The van der Waals surface area contributed by atoms with Gasteiger partial charge in [0.05, 0.1) is 13.7 Å².